The van der Waals surface area contributed by atoms with Crippen LogP contribution in [0.25, 0.3) is 0 Å². The molecule has 0 fully saturated rings. The summed E-state index contributed by atoms with van der Waals surface area (Å²) in [7, 11) is -0.781. The van der Waals surface area contributed by atoms with Gasteiger partial charge >= 0.3 is 0 Å². The number of hydrogen-bond acceptors (Lipinski definition) is 5. The van der Waals surface area contributed by atoms with Gasteiger partial charge in [0.2, 0.25) is 10.0 Å². The van der Waals surface area contributed by atoms with Crippen molar-refractivity contribution >= 4 is 10.0 Å². The molecule has 1 atom stereocenters. The molecule has 1 N–H and O–H groups in total. The van der Waals surface area contributed by atoms with Crippen LogP contribution in [0.3, 0.4) is 0 Å². The molecule has 0 heterocycles. The second kappa shape index (κ2) is 7.74. The van der Waals surface area contributed by atoms with Crippen molar-refractivity contribution in [2.24, 2.45) is 0 Å². The molecule has 0 aliphatic rings. The molecule has 0 amide bonds. The molecule has 21 heavy (non-hydrogen) atoms. The van der Waals surface area contributed by atoms with E-state index in [1.54, 1.807) is 26.0 Å². The maximum absolute atomic E-state index is 12.8. The number of aliphatic hydroxyl groups is 1. The normalized spacial score (nSPS) is 13.4. The molecule has 6 nitrogen and oxygen atoms in total. The zero-order valence-electron chi connectivity index (χ0n) is 12.9. The minimum atomic E-state index is -3.73. The molecule has 0 aliphatic carbocycles. The molecule has 7 heteroatoms. The monoisotopic (exact) mass is 317 g/mol. The maximum atomic E-state index is 12.8. The van der Waals surface area contributed by atoms with E-state index in [2.05, 4.69) is 0 Å². The van der Waals surface area contributed by atoms with Crippen molar-refractivity contribution in [1.82, 2.24) is 4.31 Å². The van der Waals surface area contributed by atoms with Gasteiger partial charge in [-0.15, -0.1) is 0 Å². The van der Waals surface area contributed by atoms with Crippen molar-refractivity contribution in [1.29, 1.82) is 0 Å². The average Bonchev–Trinajstić information content (AvgIpc) is 2.47. The zero-order chi connectivity index (χ0) is 16.0. The molecule has 0 saturated heterocycles. The van der Waals surface area contributed by atoms with E-state index in [9.17, 15) is 13.5 Å². The molecule has 1 aromatic carbocycles. The number of ether oxygens (including phenoxy) is 2. The summed E-state index contributed by atoms with van der Waals surface area (Å²) in [6.45, 7) is 3.94. The van der Waals surface area contributed by atoms with Gasteiger partial charge in [0.05, 0.1) is 20.3 Å². The number of aliphatic hydroxyl groups excluding tert-OH is 1. The second-order valence-electron chi connectivity index (χ2n) is 4.66. The van der Waals surface area contributed by atoms with Gasteiger partial charge in [-0.05, 0) is 24.6 Å². The zero-order valence-corrected chi connectivity index (χ0v) is 13.7. The van der Waals surface area contributed by atoms with Gasteiger partial charge in [0.15, 0.2) is 0 Å². The van der Waals surface area contributed by atoms with E-state index >= 15 is 0 Å². The predicted molar refractivity (Wildman–Crippen MR) is 79.8 cm³/mol. The van der Waals surface area contributed by atoms with Crippen LogP contribution < -0.4 is 4.74 Å². The number of hydrogen-bond donors (Lipinski definition) is 1. The van der Waals surface area contributed by atoms with Crippen molar-refractivity contribution in [3.63, 3.8) is 0 Å². The van der Waals surface area contributed by atoms with Crippen LogP contribution in [0.2, 0.25) is 0 Å². The van der Waals surface area contributed by atoms with Crippen molar-refractivity contribution in [3.8, 4) is 5.75 Å². The maximum Gasteiger partial charge on any atom is 0.247 e. The van der Waals surface area contributed by atoms with E-state index in [-0.39, 0.29) is 23.3 Å². The molecular weight excluding hydrogens is 294 g/mol. The summed E-state index contributed by atoms with van der Waals surface area (Å²) in [4.78, 5) is 0.0568. The molecule has 0 bridgehead atoms. The third kappa shape index (κ3) is 3.94. The summed E-state index contributed by atoms with van der Waals surface area (Å²) in [5, 5.41) is 9.21. The smallest absolute Gasteiger partial charge is 0.247 e. The highest BCUT2D eigenvalue weighted by Crippen LogP contribution is 2.29. The summed E-state index contributed by atoms with van der Waals surface area (Å²) < 4.78 is 37.2. The fraction of sp³-hybridized carbons (Fsp3) is 0.571. The third-order valence-corrected chi connectivity index (χ3v) is 5.32. The highest BCUT2D eigenvalue weighted by molar-refractivity contribution is 7.89. The Kier molecular flexibility index (Phi) is 6.60. The van der Waals surface area contributed by atoms with Crippen LogP contribution in [0.15, 0.2) is 23.1 Å². The number of likely N-dealkylation sites (N-methyl/N-ethyl adjacent to an activating group) is 1. The molecule has 0 radical (unpaired) electrons. The van der Waals surface area contributed by atoms with Crippen LogP contribution in [-0.2, 0) is 21.4 Å². The summed E-state index contributed by atoms with van der Waals surface area (Å²) in [5.74, 6) is 0.260. The molecule has 0 aromatic heterocycles. The van der Waals surface area contributed by atoms with E-state index < -0.39 is 10.0 Å². The van der Waals surface area contributed by atoms with Gasteiger partial charge in [0.1, 0.15) is 10.6 Å². The summed E-state index contributed by atoms with van der Waals surface area (Å²) in [6.07, 6.45) is 0. The molecule has 120 valence electrons. The first-order valence-corrected chi connectivity index (χ1v) is 8.14. The minimum Gasteiger partial charge on any atom is -0.495 e. The molecule has 0 spiro atoms. The number of benzene rings is 1. The van der Waals surface area contributed by atoms with Crippen LogP contribution in [0.1, 0.15) is 19.4 Å². The Labute approximate surface area is 126 Å². The lowest BCUT2D eigenvalue weighted by molar-refractivity contribution is 0.142. The Balaban J connectivity index is 3.33. The van der Waals surface area contributed by atoms with Crippen molar-refractivity contribution in [2.75, 3.05) is 27.4 Å². The van der Waals surface area contributed by atoms with Crippen LogP contribution in [0.5, 0.6) is 5.75 Å². The van der Waals surface area contributed by atoms with Gasteiger partial charge < -0.3 is 14.6 Å². The van der Waals surface area contributed by atoms with Crippen LogP contribution >= 0.6 is 0 Å². The number of nitrogens with zero attached hydrogens (tertiary/aromatic N) is 1. The predicted octanol–water partition coefficient (Wildman–Crippen LogP) is 1.23. The van der Waals surface area contributed by atoms with Gasteiger partial charge in [0.25, 0.3) is 0 Å². The molecular formula is C14H23NO5S. The lowest BCUT2D eigenvalue weighted by Crippen LogP contribution is -2.41. The standard InChI is InChI=1S/C14H23NO5S/c1-5-15(11(2)10-19-3)21(17,18)14-8-12(9-16)6-7-13(14)20-4/h6-8,11,16H,5,9-10H2,1-4H3. The SMILES string of the molecule is CCN(C(C)COC)S(=O)(=O)c1cc(CO)ccc1OC. The fourth-order valence-corrected chi connectivity index (χ4v) is 4.02. The van der Waals surface area contributed by atoms with E-state index in [0.29, 0.717) is 18.7 Å². The molecule has 0 aliphatic heterocycles. The van der Waals surface area contributed by atoms with Crippen LogP contribution in [-0.4, -0.2) is 51.2 Å². The Morgan fingerprint density at radius 3 is 2.48 bits per heavy atom. The van der Waals surface area contributed by atoms with E-state index in [4.69, 9.17) is 9.47 Å². The molecule has 1 unspecified atom stereocenters. The van der Waals surface area contributed by atoms with Crippen molar-refractivity contribution < 1.29 is 23.0 Å². The van der Waals surface area contributed by atoms with E-state index in [0.717, 1.165) is 0 Å². The van der Waals surface area contributed by atoms with Gasteiger partial charge in [-0.2, -0.15) is 4.31 Å². The number of sulfonamides is 1. The quantitative estimate of drug-likeness (QED) is 0.780. The Hall–Kier alpha value is -1.15. The minimum absolute atomic E-state index is 0.0568. The Morgan fingerprint density at radius 1 is 1.33 bits per heavy atom. The Bertz CT molecular complexity index is 558. The summed E-state index contributed by atoms with van der Waals surface area (Å²) in [6, 6.07) is 4.32. The lowest BCUT2D eigenvalue weighted by Gasteiger charge is -2.27. The summed E-state index contributed by atoms with van der Waals surface area (Å²) >= 11 is 0. The second-order valence-corrected chi connectivity index (χ2v) is 6.52. The lowest BCUT2D eigenvalue weighted by atomic mass is 10.2. The number of methoxy groups -OCH3 is 2. The van der Waals surface area contributed by atoms with Crippen LogP contribution in [0.4, 0.5) is 0 Å². The first-order valence-electron chi connectivity index (χ1n) is 6.70. The van der Waals surface area contributed by atoms with Crippen LogP contribution in [0, 0.1) is 0 Å². The summed E-state index contributed by atoms with van der Waals surface area (Å²) in [5.41, 5.74) is 0.518. The third-order valence-electron chi connectivity index (χ3n) is 3.21. The van der Waals surface area contributed by atoms with Gasteiger partial charge in [-0.1, -0.05) is 13.0 Å². The van der Waals surface area contributed by atoms with Gasteiger partial charge in [-0.3, -0.25) is 0 Å². The fourth-order valence-electron chi connectivity index (χ4n) is 2.19. The van der Waals surface area contributed by atoms with E-state index in [1.807, 2.05) is 0 Å². The molecule has 1 rings (SSSR count). The first kappa shape index (κ1) is 17.9. The first-order chi connectivity index (χ1) is 9.92. The largest absolute Gasteiger partial charge is 0.495 e. The molecule has 0 saturated carbocycles. The van der Waals surface area contributed by atoms with Crippen molar-refractivity contribution in [3.05, 3.63) is 23.8 Å². The van der Waals surface area contributed by atoms with E-state index in [1.165, 1.54) is 24.6 Å². The van der Waals surface area contributed by atoms with Gasteiger partial charge in [0, 0.05) is 19.7 Å². The van der Waals surface area contributed by atoms with Crippen molar-refractivity contribution in [2.45, 2.75) is 31.4 Å². The highest BCUT2D eigenvalue weighted by atomic mass is 32.2. The molecule has 1 aromatic rings. The Morgan fingerprint density at radius 2 is 2.00 bits per heavy atom. The number of rotatable bonds is 8. The average molecular weight is 317 g/mol. The van der Waals surface area contributed by atoms with Gasteiger partial charge in [-0.25, -0.2) is 8.42 Å². The topological polar surface area (TPSA) is 76.1 Å². The highest BCUT2D eigenvalue weighted by Gasteiger charge is 2.30.